The molecule has 0 saturated carbocycles. The van der Waals surface area contributed by atoms with Crippen molar-refractivity contribution in [2.45, 2.75) is 64.7 Å². The molecule has 2 aliphatic rings. The quantitative estimate of drug-likeness (QED) is 0.800. The lowest BCUT2D eigenvalue weighted by Crippen LogP contribution is -2.58. The van der Waals surface area contributed by atoms with E-state index in [0.29, 0.717) is 6.61 Å². The largest absolute Gasteiger partial charge is 0.394 e. The van der Waals surface area contributed by atoms with Gasteiger partial charge in [0.25, 0.3) is 0 Å². The van der Waals surface area contributed by atoms with Gasteiger partial charge < -0.3 is 29.2 Å². The zero-order chi connectivity index (χ0) is 21.4. The number of aryl methyl sites for hydroxylation is 4. The van der Waals surface area contributed by atoms with E-state index in [0.717, 1.165) is 27.8 Å². The molecule has 2 fully saturated rings. The van der Waals surface area contributed by atoms with Gasteiger partial charge in [0.2, 0.25) is 0 Å². The fourth-order valence-electron chi connectivity index (χ4n) is 4.27. The Hall–Kier alpha value is -1.80. The summed E-state index contributed by atoms with van der Waals surface area (Å²) in [6.45, 7) is 7.98. The van der Waals surface area contributed by atoms with E-state index < -0.39 is 43.6 Å². The highest BCUT2D eigenvalue weighted by molar-refractivity contribution is 5.32. The Morgan fingerprint density at radius 1 is 0.867 bits per heavy atom. The summed E-state index contributed by atoms with van der Waals surface area (Å²) in [7, 11) is 0. The van der Waals surface area contributed by atoms with Crippen molar-refractivity contribution in [3.05, 3.63) is 69.8 Å². The van der Waals surface area contributed by atoms with Crippen LogP contribution in [0.4, 0.5) is 0 Å². The highest BCUT2D eigenvalue weighted by Gasteiger charge is 2.48. The minimum Gasteiger partial charge on any atom is -0.394 e. The number of ether oxygens (including phenoxy) is 4. The molecule has 0 radical (unpaired) electrons. The monoisotopic (exact) mass is 414 g/mol. The van der Waals surface area contributed by atoms with Crippen LogP contribution in [0, 0.1) is 27.7 Å². The molecule has 6 unspecified atom stereocenters. The van der Waals surface area contributed by atoms with Crippen molar-refractivity contribution in [1.82, 2.24) is 0 Å². The Balaban J connectivity index is 1.59. The van der Waals surface area contributed by atoms with Gasteiger partial charge in [0.05, 0.1) is 13.2 Å². The second kappa shape index (κ2) is 8.75. The van der Waals surface area contributed by atoms with Crippen molar-refractivity contribution in [2.24, 2.45) is 0 Å². The third kappa shape index (κ3) is 4.17. The number of aliphatic hydroxyl groups excluding tert-OH is 2. The molecule has 6 atom stereocenters. The topological polar surface area (TPSA) is 77.4 Å². The van der Waals surface area contributed by atoms with Crippen LogP contribution >= 0.6 is 0 Å². The fourth-order valence-corrected chi connectivity index (χ4v) is 4.27. The lowest BCUT2D eigenvalue weighted by atomic mass is 9.98. The first-order valence-corrected chi connectivity index (χ1v) is 10.4. The van der Waals surface area contributed by atoms with Gasteiger partial charge in [0.1, 0.15) is 24.4 Å². The van der Waals surface area contributed by atoms with Gasteiger partial charge in [-0.05, 0) is 38.8 Å². The number of aliphatic hydroxyl groups is 2. The lowest BCUT2D eigenvalue weighted by Gasteiger charge is -2.47. The maximum Gasteiger partial charge on any atom is 0.185 e. The molecule has 4 rings (SSSR count). The van der Waals surface area contributed by atoms with Gasteiger partial charge in [0, 0.05) is 11.1 Å². The van der Waals surface area contributed by atoms with E-state index in [4.69, 9.17) is 18.9 Å². The molecule has 2 N–H and O–H groups in total. The highest BCUT2D eigenvalue weighted by atomic mass is 16.8. The van der Waals surface area contributed by atoms with E-state index in [1.165, 1.54) is 5.56 Å². The minimum atomic E-state index is -1.09. The Kier molecular flexibility index (Phi) is 6.25. The Bertz CT molecular complexity index is 895. The molecule has 0 amide bonds. The van der Waals surface area contributed by atoms with Crippen molar-refractivity contribution < 1.29 is 29.2 Å². The molecule has 30 heavy (non-hydrogen) atoms. The van der Waals surface area contributed by atoms with E-state index in [1.54, 1.807) is 0 Å². The molecule has 2 saturated heterocycles. The summed E-state index contributed by atoms with van der Waals surface area (Å²) in [5.74, 6) is 0. The molecular weight excluding hydrogens is 384 g/mol. The summed E-state index contributed by atoms with van der Waals surface area (Å²) in [4.78, 5) is 0. The lowest BCUT2D eigenvalue weighted by molar-refractivity contribution is -0.373. The molecule has 0 aliphatic carbocycles. The van der Waals surface area contributed by atoms with Crippen LogP contribution in [0.25, 0.3) is 0 Å². The molecule has 2 aromatic rings. The summed E-state index contributed by atoms with van der Waals surface area (Å²) in [6, 6.07) is 12.1. The molecule has 2 aromatic carbocycles. The molecule has 0 spiro atoms. The number of hydrogen-bond acceptors (Lipinski definition) is 6. The average Bonchev–Trinajstić information content (AvgIpc) is 2.72. The summed E-state index contributed by atoms with van der Waals surface area (Å²) in [5, 5.41) is 20.1. The van der Waals surface area contributed by atoms with E-state index in [1.807, 2.05) is 52.0 Å². The van der Waals surface area contributed by atoms with Gasteiger partial charge in [-0.3, -0.25) is 0 Å². The normalized spacial score (nSPS) is 30.0. The molecule has 6 nitrogen and oxygen atoms in total. The Morgan fingerprint density at radius 3 is 2.03 bits per heavy atom. The van der Waals surface area contributed by atoms with Crippen molar-refractivity contribution in [2.75, 3.05) is 13.2 Å². The predicted molar refractivity (Wildman–Crippen MR) is 111 cm³/mol. The van der Waals surface area contributed by atoms with Gasteiger partial charge >= 0.3 is 0 Å². The van der Waals surface area contributed by atoms with Gasteiger partial charge in [0.15, 0.2) is 12.6 Å². The number of benzene rings is 2. The maximum absolute atomic E-state index is 10.5. The minimum absolute atomic E-state index is 0.308. The van der Waals surface area contributed by atoms with E-state index in [9.17, 15) is 10.2 Å². The van der Waals surface area contributed by atoms with Crippen LogP contribution in [-0.2, 0) is 18.9 Å². The fraction of sp³-hybridized carbons (Fsp3) is 0.500. The molecule has 162 valence electrons. The van der Waals surface area contributed by atoms with E-state index in [-0.39, 0.29) is 0 Å². The van der Waals surface area contributed by atoms with Crippen molar-refractivity contribution in [1.29, 1.82) is 0 Å². The zero-order valence-corrected chi connectivity index (χ0v) is 17.9. The third-order valence-electron chi connectivity index (χ3n) is 5.89. The third-order valence-corrected chi connectivity index (χ3v) is 5.89. The Morgan fingerprint density at radius 2 is 1.47 bits per heavy atom. The van der Waals surface area contributed by atoms with E-state index in [2.05, 4.69) is 12.1 Å². The van der Waals surface area contributed by atoms with Gasteiger partial charge in [-0.15, -0.1) is 0 Å². The summed E-state index contributed by atoms with van der Waals surface area (Å²) < 4.78 is 24.6. The van der Waals surface area contributed by atoms with Crippen LogP contribution < -0.4 is 0 Å². The average molecular weight is 414 g/mol. The number of fused-ring (bicyclic) bond motifs is 1. The first-order chi connectivity index (χ1) is 14.4. The molecule has 6 heteroatoms. The first kappa shape index (κ1) is 21.4. The van der Waals surface area contributed by atoms with Crippen LogP contribution in [0.15, 0.2) is 36.4 Å². The van der Waals surface area contributed by atoms with Gasteiger partial charge in [-0.1, -0.05) is 47.5 Å². The smallest absolute Gasteiger partial charge is 0.185 e. The number of hydrogen-bond donors (Lipinski definition) is 2. The standard InChI is InChI=1S/C24H30O6/c1-13-5-7-17(15(3)9-13)23-27-12-20-22(30-23)21(19(26)11-25)29-24(28-20)18-8-6-14(2)10-16(18)4/h5-10,19-26H,11-12H2,1-4H3. The van der Waals surface area contributed by atoms with Crippen molar-refractivity contribution in [3.8, 4) is 0 Å². The molecule has 0 bridgehead atoms. The Labute approximate surface area is 177 Å². The van der Waals surface area contributed by atoms with Gasteiger partial charge in [-0.25, -0.2) is 0 Å². The highest BCUT2D eigenvalue weighted by Crippen LogP contribution is 2.40. The van der Waals surface area contributed by atoms with Crippen molar-refractivity contribution >= 4 is 0 Å². The van der Waals surface area contributed by atoms with Gasteiger partial charge in [-0.2, -0.15) is 0 Å². The van der Waals surface area contributed by atoms with Crippen LogP contribution in [-0.4, -0.2) is 47.8 Å². The zero-order valence-electron chi connectivity index (χ0n) is 17.9. The molecule has 2 heterocycles. The molecular formula is C24H30O6. The van der Waals surface area contributed by atoms with Crippen LogP contribution in [0.3, 0.4) is 0 Å². The SMILES string of the molecule is Cc1ccc(C2OC3COC(c4ccc(C)cc4C)OC3C(C(O)CO)O2)c(C)c1. The second-order valence-electron chi connectivity index (χ2n) is 8.34. The second-order valence-corrected chi connectivity index (χ2v) is 8.34. The van der Waals surface area contributed by atoms with E-state index >= 15 is 0 Å². The first-order valence-electron chi connectivity index (χ1n) is 10.4. The molecule has 0 aromatic heterocycles. The summed E-state index contributed by atoms with van der Waals surface area (Å²) >= 11 is 0. The van der Waals surface area contributed by atoms with Crippen LogP contribution in [0.1, 0.15) is 46.0 Å². The number of rotatable bonds is 4. The van der Waals surface area contributed by atoms with Crippen LogP contribution in [0.2, 0.25) is 0 Å². The van der Waals surface area contributed by atoms with Crippen LogP contribution in [0.5, 0.6) is 0 Å². The maximum atomic E-state index is 10.5. The summed E-state index contributed by atoms with van der Waals surface area (Å²) in [6.07, 6.45) is -4.05. The van der Waals surface area contributed by atoms with Crippen molar-refractivity contribution in [3.63, 3.8) is 0 Å². The summed E-state index contributed by atoms with van der Waals surface area (Å²) in [5.41, 5.74) is 6.26. The predicted octanol–water partition coefficient (Wildman–Crippen LogP) is 3.17. The molecule has 2 aliphatic heterocycles.